The zero-order valence-corrected chi connectivity index (χ0v) is 25.4. The SMILES string of the molecule is COC(=O)Cc1ccc2nc(-c3ccc(NC(=S)Nc4ccc(-c5nc6ccc(CC(=O)OC)cc6[nH]5)cc4F)c(F)c3)[nH]c2c1. The molecule has 6 aromatic rings. The molecule has 0 aliphatic heterocycles. The molecule has 0 fully saturated rings. The van der Waals surface area contributed by atoms with Gasteiger partial charge in [-0.15, -0.1) is 0 Å². The highest BCUT2D eigenvalue weighted by atomic mass is 32.1. The molecule has 0 saturated heterocycles. The number of aromatic nitrogens is 4. The molecule has 232 valence electrons. The van der Waals surface area contributed by atoms with Gasteiger partial charge in [-0.05, 0) is 84.0 Å². The summed E-state index contributed by atoms with van der Waals surface area (Å²) in [6, 6.07) is 19.7. The van der Waals surface area contributed by atoms with Gasteiger partial charge in [-0.3, -0.25) is 9.59 Å². The van der Waals surface area contributed by atoms with Crippen molar-refractivity contribution in [1.82, 2.24) is 19.9 Å². The van der Waals surface area contributed by atoms with Crippen LogP contribution in [0.4, 0.5) is 20.2 Å². The van der Waals surface area contributed by atoms with Crippen molar-refractivity contribution in [1.29, 1.82) is 0 Å². The second kappa shape index (κ2) is 12.7. The maximum absolute atomic E-state index is 15.1. The Balaban J connectivity index is 1.12. The molecule has 0 spiro atoms. The van der Waals surface area contributed by atoms with Gasteiger partial charge in [0.05, 0.1) is 60.5 Å². The van der Waals surface area contributed by atoms with Crippen LogP contribution in [0.2, 0.25) is 0 Å². The first-order chi connectivity index (χ1) is 22.2. The van der Waals surface area contributed by atoms with Crippen molar-refractivity contribution in [2.45, 2.75) is 12.8 Å². The number of esters is 2. The van der Waals surface area contributed by atoms with E-state index >= 15 is 8.78 Å². The largest absolute Gasteiger partial charge is 0.469 e. The highest BCUT2D eigenvalue weighted by Crippen LogP contribution is 2.27. The molecular formula is C33H26F2N6O4S. The number of fused-ring (bicyclic) bond motifs is 2. The third kappa shape index (κ3) is 6.54. The van der Waals surface area contributed by atoms with E-state index in [1.807, 2.05) is 0 Å². The van der Waals surface area contributed by atoms with Crippen LogP contribution in [-0.4, -0.2) is 51.2 Å². The Hall–Kier alpha value is -5.69. The molecule has 0 atom stereocenters. The molecule has 0 saturated carbocycles. The minimum Gasteiger partial charge on any atom is -0.469 e. The van der Waals surface area contributed by atoms with Crippen LogP contribution >= 0.6 is 12.2 Å². The molecule has 0 aliphatic carbocycles. The van der Waals surface area contributed by atoms with E-state index in [2.05, 4.69) is 30.6 Å². The maximum Gasteiger partial charge on any atom is 0.309 e. The Morgan fingerprint density at radius 2 is 1.13 bits per heavy atom. The summed E-state index contributed by atoms with van der Waals surface area (Å²) in [6.45, 7) is 0. The Labute approximate surface area is 266 Å². The maximum atomic E-state index is 15.1. The van der Waals surface area contributed by atoms with Crippen molar-refractivity contribution >= 4 is 62.7 Å². The normalized spacial score (nSPS) is 11.0. The molecule has 2 aromatic heterocycles. The second-order valence-corrected chi connectivity index (χ2v) is 10.8. The fourth-order valence-corrected chi connectivity index (χ4v) is 5.11. The van der Waals surface area contributed by atoms with Crippen LogP contribution in [0.15, 0.2) is 72.8 Å². The average molecular weight is 641 g/mol. The summed E-state index contributed by atoms with van der Waals surface area (Å²) in [5, 5.41) is 5.51. The van der Waals surface area contributed by atoms with Gasteiger partial charge >= 0.3 is 11.9 Å². The molecule has 4 aromatic carbocycles. The lowest BCUT2D eigenvalue weighted by molar-refractivity contribution is -0.140. The lowest BCUT2D eigenvalue weighted by Gasteiger charge is -2.13. The number of nitrogens with one attached hydrogen (secondary N) is 4. The fourth-order valence-electron chi connectivity index (χ4n) is 4.89. The van der Waals surface area contributed by atoms with Gasteiger partial charge in [0.15, 0.2) is 5.11 Å². The van der Waals surface area contributed by atoms with Crippen LogP contribution in [0.3, 0.4) is 0 Å². The van der Waals surface area contributed by atoms with Gasteiger partial charge in [-0.1, -0.05) is 12.1 Å². The molecule has 2 heterocycles. The standard InChI is InChI=1S/C33H26F2N6O4S/c1-44-29(42)13-17-3-7-25-27(11-17)38-31(36-25)19-5-9-23(21(34)15-19)40-33(46)41-24-10-6-20(16-22(24)35)32-37-26-8-4-18(12-28(26)39-32)14-30(43)45-2/h3-12,15-16H,13-14H2,1-2H3,(H,36,38)(H,37,39)(H2,40,41,46). The highest BCUT2D eigenvalue weighted by Gasteiger charge is 2.14. The number of carbonyl (C=O) groups excluding carboxylic acids is 2. The number of aromatic amines is 2. The first kappa shape index (κ1) is 30.3. The summed E-state index contributed by atoms with van der Waals surface area (Å²) in [5.41, 5.74) is 5.41. The number of H-pyrrole nitrogens is 2. The van der Waals surface area contributed by atoms with Crippen LogP contribution in [-0.2, 0) is 31.9 Å². The lowest BCUT2D eigenvalue weighted by Crippen LogP contribution is -2.20. The van der Waals surface area contributed by atoms with Crippen LogP contribution in [0, 0.1) is 11.6 Å². The Bertz CT molecular complexity index is 1990. The second-order valence-electron chi connectivity index (χ2n) is 10.3. The van der Waals surface area contributed by atoms with E-state index < -0.39 is 11.6 Å². The summed E-state index contributed by atoms with van der Waals surface area (Å²) < 4.78 is 39.6. The molecule has 10 nitrogen and oxygen atoms in total. The van der Waals surface area contributed by atoms with Gasteiger partial charge in [0.25, 0.3) is 0 Å². The van der Waals surface area contributed by atoms with Crippen molar-refractivity contribution < 1.29 is 27.8 Å². The number of imidazole rings is 2. The van der Waals surface area contributed by atoms with Crippen LogP contribution in [0.1, 0.15) is 11.1 Å². The van der Waals surface area contributed by atoms with Gasteiger partial charge in [0, 0.05) is 11.1 Å². The Morgan fingerprint density at radius 3 is 1.52 bits per heavy atom. The van der Waals surface area contributed by atoms with Gasteiger partial charge in [-0.2, -0.15) is 0 Å². The zero-order valence-electron chi connectivity index (χ0n) is 24.5. The van der Waals surface area contributed by atoms with E-state index in [1.54, 1.807) is 48.5 Å². The summed E-state index contributed by atoms with van der Waals surface area (Å²) in [4.78, 5) is 38.5. The van der Waals surface area contributed by atoms with Crippen molar-refractivity contribution in [2.24, 2.45) is 0 Å². The minimum absolute atomic E-state index is 0.0120. The Kier molecular flexibility index (Phi) is 8.40. The summed E-state index contributed by atoms with van der Waals surface area (Å²) in [6.07, 6.45) is 0.251. The monoisotopic (exact) mass is 640 g/mol. The van der Waals surface area contributed by atoms with Gasteiger partial charge in [-0.25, -0.2) is 18.7 Å². The number of rotatable bonds is 8. The van der Waals surface area contributed by atoms with E-state index in [4.69, 9.17) is 21.7 Å². The number of methoxy groups -OCH3 is 2. The molecular weight excluding hydrogens is 614 g/mol. The van der Waals surface area contributed by atoms with Crippen LogP contribution in [0.5, 0.6) is 0 Å². The Morgan fingerprint density at radius 1 is 0.696 bits per heavy atom. The predicted molar refractivity (Wildman–Crippen MR) is 174 cm³/mol. The third-order valence-electron chi connectivity index (χ3n) is 7.23. The van der Waals surface area contributed by atoms with E-state index in [1.165, 1.54) is 38.5 Å². The van der Waals surface area contributed by atoms with Crippen molar-refractivity contribution in [3.05, 3.63) is 95.6 Å². The van der Waals surface area contributed by atoms with Crippen molar-refractivity contribution in [3.63, 3.8) is 0 Å². The van der Waals surface area contributed by atoms with E-state index in [9.17, 15) is 9.59 Å². The molecule has 4 N–H and O–H groups in total. The summed E-state index contributed by atoms with van der Waals surface area (Å²) in [7, 11) is 2.66. The topological polar surface area (TPSA) is 134 Å². The third-order valence-corrected chi connectivity index (χ3v) is 7.43. The zero-order chi connectivity index (χ0) is 32.4. The number of carbonyl (C=O) groups is 2. The number of thiocarbonyl (C=S) groups is 1. The lowest BCUT2D eigenvalue weighted by atomic mass is 10.1. The number of hydrogen-bond donors (Lipinski definition) is 4. The summed E-state index contributed by atoms with van der Waals surface area (Å²) >= 11 is 5.32. The van der Waals surface area contributed by atoms with Crippen molar-refractivity contribution in [2.75, 3.05) is 24.9 Å². The van der Waals surface area contributed by atoms with Crippen molar-refractivity contribution in [3.8, 4) is 22.8 Å². The first-order valence-corrected chi connectivity index (χ1v) is 14.4. The number of halogens is 2. The number of anilines is 2. The van der Waals surface area contributed by atoms with Gasteiger partial charge in [0.1, 0.15) is 23.3 Å². The smallest absolute Gasteiger partial charge is 0.309 e. The number of nitrogens with zero attached hydrogens (tertiary/aromatic N) is 2. The predicted octanol–water partition coefficient (Wildman–Crippen LogP) is 6.29. The molecule has 46 heavy (non-hydrogen) atoms. The molecule has 13 heteroatoms. The fraction of sp³-hybridized carbons (Fsp3) is 0.121. The molecule has 0 amide bonds. The summed E-state index contributed by atoms with van der Waals surface area (Å²) in [5.74, 6) is -0.997. The molecule has 0 bridgehead atoms. The van der Waals surface area contributed by atoms with Crippen LogP contribution in [0.25, 0.3) is 44.8 Å². The molecule has 0 radical (unpaired) electrons. The average Bonchev–Trinajstić information content (AvgIpc) is 3.67. The highest BCUT2D eigenvalue weighted by molar-refractivity contribution is 7.80. The van der Waals surface area contributed by atoms with E-state index in [0.29, 0.717) is 44.8 Å². The number of hydrogen-bond acceptors (Lipinski definition) is 7. The van der Waals surface area contributed by atoms with E-state index in [-0.39, 0.29) is 41.3 Å². The first-order valence-electron chi connectivity index (χ1n) is 14.0. The number of benzene rings is 4. The minimum atomic E-state index is -0.594. The molecule has 0 unspecified atom stereocenters. The number of ether oxygens (including phenoxy) is 2. The van der Waals surface area contributed by atoms with Crippen LogP contribution < -0.4 is 10.6 Å². The molecule has 6 rings (SSSR count). The quantitative estimate of drug-likeness (QED) is 0.112. The van der Waals surface area contributed by atoms with Gasteiger partial charge < -0.3 is 30.1 Å². The van der Waals surface area contributed by atoms with E-state index in [0.717, 1.165) is 11.1 Å². The molecule has 0 aliphatic rings. The van der Waals surface area contributed by atoms with Gasteiger partial charge in [0.2, 0.25) is 0 Å².